The fourth-order valence-electron chi connectivity index (χ4n) is 0. The fourth-order valence-corrected chi connectivity index (χ4v) is 0. The summed E-state index contributed by atoms with van der Waals surface area (Å²) in [5, 5.41) is 16.0. The van der Waals surface area contributed by atoms with E-state index in [-0.39, 0.29) is 6.61 Å². The standard InChI is InChI=1S/C3H8O2.2C2H6O/c1-3(5)2-4;2*1-3-2/h3-5H,2H2,1H3;2*1-2H3. The number of aliphatic hydroxyl groups is 2. The lowest BCUT2D eigenvalue weighted by Crippen LogP contribution is -2.03. The zero-order valence-corrected chi connectivity index (χ0v) is 8.00. The van der Waals surface area contributed by atoms with Gasteiger partial charge in [-0.2, -0.15) is 0 Å². The molecule has 4 nitrogen and oxygen atoms in total. The minimum Gasteiger partial charge on any atom is -0.394 e. The first-order valence-electron chi connectivity index (χ1n) is 3.19. The van der Waals surface area contributed by atoms with E-state index in [9.17, 15) is 0 Å². The zero-order chi connectivity index (χ0) is 9.70. The first-order valence-corrected chi connectivity index (χ1v) is 3.19. The lowest BCUT2D eigenvalue weighted by atomic mass is 10.5. The Morgan fingerprint density at radius 1 is 1.09 bits per heavy atom. The number of hydrogen-bond donors (Lipinski definition) is 2. The van der Waals surface area contributed by atoms with Gasteiger partial charge in [-0.3, -0.25) is 0 Å². The molecule has 0 aliphatic carbocycles. The van der Waals surface area contributed by atoms with Gasteiger partial charge in [0.2, 0.25) is 0 Å². The van der Waals surface area contributed by atoms with Crippen LogP contribution < -0.4 is 0 Å². The maximum atomic E-state index is 8.11. The Hall–Kier alpha value is -0.160. The summed E-state index contributed by atoms with van der Waals surface area (Å²) in [5.74, 6) is 0. The summed E-state index contributed by atoms with van der Waals surface area (Å²) in [7, 11) is 6.50. The molecule has 0 rings (SSSR count). The number of ether oxygens (including phenoxy) is 2. The number of aliphatic hydroxyl groups excluding tert-OH is 2. The van der Waals surface area contributed by atoms with Gasteiger partial charge in [0.15, 0.2) is 0 Å². The van der Waals surface area contributed by atoms with Crippen LogP contribution in [-0.4, -0.2) is 51.4 Å². The summed E-state index contributed by atoms with van der Waals surface area (Å²) in [4.78, 5) is 0. The largest absolute Gasteiger partial charge is 0.394 e. The van der Waals surface area contributed by atoms with Crippen molar-refractivity contribution < 1.29 is 19.7 Å². The van der Waals surface area contributed by atoms with Crippen molar-refractivity contribution >= 4 is 0 Å². The Kier molecular flexibility index (Phi) is 35.0. The third kappa shape index (κ3) is 179. The molecular formula is C7H20O4. The van der Waals surface area contributed by atoms with E-state index >= 15 is 0 Å². The molecule has 0 saturated carbocycles. The molecule has 0 spiro atoms. The topological polar surface area (TPSA) is 58.9 Å². The molecule has 4 heteroatoms. The predicted molar refractivity (Wildman–Crippen MR) is 44.6 cm³/mol. The zero-order valence-electron chi connectivity index (χ0n) is 8.00. The molecule has 0 aromatic rings. The van der Waals surface area contributed by atoms with Gasteiger partial charge in [-0.05, 0) is 6.92 Å². The third-order valence-corrected chi connectivity index (χ3v) is 0.264. The molecule has 11 heavy (non-hydrogen) atoms. The Labute approximate surface area is 68.8 Å². The maximum Gasteiger partial charge on any atom is 0.0742 e. The highest BCUT2D eigenvalue weighted by Crippen LogP contribution is 1.68. The van der Waals surface area contributed by atoms with Crippen LogP contribution >= 0.6 is 0 Å². The van der Waals surface area contributed by atoms with Crippen LogP contribution in [0.3, 0.4) is 0 Å². The second kappa shape index (κ2) is 22.5. The molecule has 72 valence electrons. The van der Waals surface area contributed by atoms with E-state index in [2.05, 4.69) is 9.47 Å². The summed E-state index contributed by atoms with van der Waals surface area (Å²) in [6, 6.07) is 0. The van der Waals surface area contributed by atoms with Crippen molar-refractivity contribution in [1.82, 2.24) is 0 Å². The van der Waals surface area contributed by atoms with Crippen LogP contribution in [0.25, 0.3) is 0 Å². The van der Waals surface area contributed by atoms with Crippen molar-refractivity contribution in [1.29, 1.82) is 0 Å². The Balaban J connectivity index is -0.0000000933. The lowest BCUT2D eigenvalue weighted by Gasteiger charge is -1.90. The number of methoxy groups -OCH3 is 2. The van der Waals surface area contributed by atoms with Crippen molar-refractivity contribution in [2.75, 3.05) is 35.0 Å². The SMILES string of the molecule is CC(O)CO.COC.COC. The summed E-state index contributed by atoms with van der Waals surface area (Å²) in [6.45, 7) is 1.39. The van der Waals surface area contributed by atoms with Gasteiger partial charge in [-0.1, -0.05) is 0 Å². The van der Waals surface area contributed by atoms with E-state index in [1.165, 1.54) is 6.92 Å². The minimum atomic E-state index is -0.560. The number of hydrogen-bond acceptors (Lipinski definition) is 4. The highest BCUT2D eigenvalue weighted by molar-refractivity contribution is 4.34. The average molecular weight is 168 g/mol. The second-order valence-electron chi connectivity index (χ2n) is 1.85. The summed E-state index contributed by atoms with van der Waals surface area (Å²) in [6.07, 6.45) is -0.560. The molecule has 0 saturated heterocycles. The monoisotopic (exact) mass is 168 g/mol. The van der Waals surface area contributed by atoms with Gasteiger partial charge in [0.1, 0.15) is 0 Å². The van der Waals surface area contributed by atoms with Crippen molar-refractivity contribution in [3.05, 3.63) is 0 Å². The second-order valence-corrected chi connectivity index (χ2v) is 1.85. The van der Waals surface area contributed by atoms with Gasteiger partial charge in [0.25, 0.3) is 0 Å². The quantitative estimate of drug-likeness (QED) is 0.573. The minimum absolute atomic E-state index is 0.139. The summed E-state index contributed by atoms with van der Waals surface area (Å²) >= 11 is 0. The van der Waals surface area contributed by atoms with E-state index in [1.54, 1.807) is 28.4 Å². The van der Waals surface area contributed by atoms with Crippen LogP contribution in [0.1, 0.15) is 6.92 Å². The Bertz CT molecular complexity index is 37.4. The molecule has 0 aromatic heterocycles. The molecule has 0 fully saturated rings. The van der Waals surface area contributed by atoms with Crippen LogP contribution in [0.15, 0.2) is 0 Å². The van der Waals surface area contributed by atoms with Gasteiger partial charge in [0, 0.05) is 28.4 Å². The molecule has 0 heterocycles. The highest BCUT2D eigenvalue weighted by Gasteiger charge is 1.83. The van der Waals surface area contributed by atoms with Crippen LogP contribution in [0.5, 0.6) is 0 Å². The van der Waals surface area contributed by atoms with E-state index in [0.29, 0.717) is 0 Å². The molecule has 0 aliphatic heterocycles. The van der Waals surface area contributed by atoms with Crippen LogP contribution in [-0.2, 0) is 9.47 Å². The maximum absolute atomic E-state index is 8.11. The average Bonchev–Trinajstić information content (AvgIpc) is 1.91. The van der Waals surface area contributed by atoms with Crippen LogP contribution in [0.4, 0.5) is 0 Å². The van der Waals surface area contributed by atoms with Crippen molar-refractivity contribution in [2.24, 2.45) is 0 Å². The Morgan fingerprint density at radius 2 is 1.18 bits per heavy atom. The van der Waals surface area contributed by atoms with Gasteiger partial charge < -0.3 is 19.7 Å². The van der Waals surface area contributed by atoms with E-state index in [4.69, 9.17) is 10.2 Å². The normalized spacial score (nSPS) is 10.1. The molecule has 1 unspecified atom stereocenters. The molecule has 0 amide bonds. The molecule has 2 N–H and O–H groups in total. The van der Waals surface area contributed by atoms with Gasteiger partial charge in [-0.25, -0.2) is 0 Å². The smallest absolute Gasteiger partial charge is 0.0742 e. The van der Waals surface area contributed by atoms with Crippen molar-refractivity contribution in [3.8, 4) is 0 Å². The van der Waals surface area contributed by atoms with Crippen molar-refractivity contribution in [2.45, 2.75) is 13.0 Å². The van der Waals surface area contributed by atoms with Crippen LogP contribution in [0.2, 0.25) is 0 Å². The summed E-state index contributed by atoms with van der Waals surface area (Å²) < 4.78 is 8.50. The molecule has 1 atom stereocenters. The van der Waals surface area contributed by atoms with Gasteiger partial charge >= 0.3 is 0 Å². The van der Waals surface area contributed by atoms with E-state index < -0.39 is 6.10 Å². The van der Waals surface area contributed by atoms with Crippen LogP contribution in [0, 0.1) is 0 Å². The third-order valence-electron chi connectivity index (χ3n) is 0.264. The molecule has 0 aliphatic rings. The molecular weight excluding hydrogens is 148 g/mol. The van der Waals surface area contributed by atoms with Gasteiger partial charge in [-0.15, -0.1) is 0 Å². The first kappa shape index (κ1) is 17.1. The lowest BCUT2D eigenvalue weighted by molar-refractivity contribution is 0.110. The van der Waals surface area contributed by atoms with E-state index in [0.717, 1.165) is 0 Å². The van der Waals surface area contributed by atoms with E-state index in [1.807, 2.05) is 0 Å². The summed E-state index contributed by atoms with van der Waals surface area (Å²) in [5.41, 5.74) is 0. The van der Waals surface area contributed by atoms with Crippen molar-refractivity contribution in [3.63, 3.8) is 0 Å². The molecule has 0 bridgehead atoms. The molecule has 0 aromatic carbocycles. The predicted octanol–water partition coefficient (Wildman–Crippen LogP) is -0.115. The Morgan fingerprint density at radius 3 is 1.18 bits per heavy atom. The highest BCUT2D eigenvalue weighted by atomic mass is 16.5. The first-order chi connectivity index (χ1) is 5.10. The fraction of sp³-hybridized carbons (Fsp3) is 1.00. The molecule has 0 radical (unpaired) electrons. The number of rotatable bonds is 1. The van der Waals surface area contributed by atoms with Gasteiger partial charge in [0.05, 0.1) is 12.7 Å².